The first-order valence-electron chi connectivity index (χ1n) is 6.78. The van der Waals surface area contributed by atoms with E-state index in [1.54, 1.807) is 12.1 Å². The Morgan fingerprint density at radius 1 is 1.19 bits per heavy atom. The second-order valence-electron chi connectivity index (χ2n) is 4.90. The van der Waals surface area contributed by atoms with Gasteiger partial charge in [0.05, 0.1) is 20.3 Å². The third-order valence-corrected chi connectivity index (χ3v) is 3.34. The molecule has 1 aromatic carbocycles. The number of phenols is 1. The first-order valence-corrected chi connectivity index (χ1v) is 6.78. The molecule has 0 aliphatic rings. The van der Waals surface area contributed by atoms with Crippen LogP contribution in [0.15, 0.2) is 28.7 Å². The Balaban J connectivity index is 2.09. The largest absolute Gasteiger partial charge is 0.502 e. The molecule has 0 saturated heterocycles. The monoisotopic (exact) mass is 291 g/mol. The molecular weight excluding hydrogens is 270 g/mol. The van der Waals surface area contributed by atoms with Crippen molar-refractivity contribution in [2.24, 2.45) is 0 Å². The molecule has 21 heavy (non-hydrogen) atoms. The molecule has 1 aromatic heterocycles. The minimum Gasteiger partial charge on any atom is -0.502 e. The summed E-state index contributed by atoms with van der Waals surface area (Å²) in [5, 5.41) is 13.3. The average molecular weight is 291 g/mol. The molecule has 0 bridgehead atoms. The maximum atomic E-state index is 9.89. The topological polar surface area (TPSA) is 63.9 Å². The van der Waals surface area contributed by atoms with Gasteiger partial charge in [0.1, 0.15) is 11.5 Å². The van der Waals surface area contributed by atoms with E-state index in [-0.39, 0.29) is 11.8 Å². The molecule has 1 heterocycles. The second kappa shape index (κ2) is 6.54. The number of hydrogen-bond donors (Lipinski definition) is 2. The lowest BCUT2D eigenvalue weighted by molar-refractivity contribution is 0.338. The number of hydrogen-bond acceptors (Lipinski definition) is 5. The van der Waals surface area contributed by atoms with Gasteiger partial charge in [0.25, 0.3) is 0 Å². The molecule has 0 aliphatic heterocycles. The standard InChI is InChI=1S/C16H21NO4/c1-10-5-6-13(21-10)11(2)17-9-12-7-14(19-3)16(18)15(8-12)20-4/h5-8,11,17-18H,9H2,1-4H3. The highest BCUT2D eigenvalue weighted by atomic mass is 16.5. The summed E-state index contributed by atoms with van der Waals surface area (Å²) in [6.45, 7) is 4.56. The molecule has 0 saturated carbocycles. The lowest BCUT2D eigenvalue weighted by Gasteiger charge is -2.14. The van der Waals surface area contributed by atoms with Crippen LogP contribution < -0.4 is 14.8 Å². The summed E-state index contributed by atoms with van der Waals surface area (Å²) >= 11 is 0. The first kappa shape index (κ1) is 15.3. The molecule has 5 heteroatoms. The number of phenolic OH excluding ortho intramolecular Hbond substituents is 1. The fourth-order valence-corrected chi connectivity index (χ4v) is 2.11. The number of aryl methyl sites for hydroxylation is 1. The Labute approximate surface area is 124 Å². The zero-order chi connectivity index (χ0) is 15.4. The summed E-state index contributed by atoms with van der Waals surface area (Å²) in [4.78, 5) is 0. The van der Waals surface area contributed by atoms with Crippen molar-refractivity contribution in [3.63, 3.8) is 0 Å². The molecule has 2 rings (SSSR count). The van der Waals surface area contributed by atoms with Crippen LogP contribution in [0.5, 0.6) is 17.2 Å². The molecule has 1 unspecified atom stereocenters. The summed E-state index contributed by atoms with van der Waals surface area (Å²) in [6, 6.07) is 7.56. The smallest absolute Gasteiger partial charge is 0.200 e. The molecule has 114 valence electrons. The fraction of sp³-hybridized carbons (Fsp3) is 0.375. The highest BCUT2D eigenvalue weighted by molar-refractivity contribution is 5.52. The van der Waals surface area contributed by atoms with E-state index in [1.807, 2.05) is 26.0 Å². The normalized spacial score (nSPS) is 12.2. The maximum Gasteiger partial charge on any atom is 0.200 e. The number of rotatable bonds is 6. The van der Waals surface area contributed by atoms with Crippen molar-refractivity contribution in [2.45, 2.75) is 26.4 Å². The van der Waals surface area contributed by atoms with Gasteiger partial charge in [-0.3, -0.25) is 0 Å². The minimum absolute atomic E-state index is 0.0125. The highest BCUT2D eigenvalue weighted by Gasteiger charge is 2.13. The summed E-state index contributed by atoms with van der Waals surface area (Å²) in [7, 11) is 3.03. The Morgan fingerprint density at radius 3 is 2.29 bits per heavy atom. The summed E-state index contributed by atoms with van der Waals surface area (Å²) in [6.07, 6.45) is 0. The molecule has 1 atom stereocenters. The molecule has 0 aliphatic carbocycles. The van der Waals surface area contributed by atoms with Crippen LogP contribution in [0.3, 0.4) is 0 Å². The molecule has 0 radical (unpaired) electrons. The highest BCUT2D eigenvalue weighted by Crippen LogP contribution is 2.37. The Morgan fingerprint density at radius 2 is 1.81 bits per heavy atom. The lowest BCUT2D eigenvalue weighted by atomic mass is 10.1. The van der Waals surface area contributed by atoms with E-state index in [9.17, 15) is 5.11 Å². The predicted octanol–water partition coefficient (Wildman–Crippen LogP) is 3.16. The predicted molar refractivity (Wildman–Crippen MR) is 79.9 cm³/mol. The molecule has 0 amide bonds. The van der Waals surface area contributed by atoms with Gasteiger partial charge < -0.3 is 24.3 Å². The fourth-order valence-electron chi connectivity index (χ4n) is 2.11. The van der Waals surface area contributed by atoms with Crippen molar-refractivity contribution >= 4 is 0 Å². The number of furan rings is 1. The number of aromatic hydroxyl groups is 1. The van der Waals surface area contributed by atoms with Crippen molar-refractivity contribution in [3.05, 3.63) is 41.3 Å². The molecule has 2 N–H and O–H groups in total. The third-order valence-electron chi connectivity index (χ3n) is 3.34. The van der Waals surface area contributed by atoms with Crippen LogP contribution in [0.1, 0.15) is 30.0 Å². The quantitative estimate of drug-likeness (QED) is 0.856. The van der Waals surface area contributed by atoms with Crippen LogP contribution in [0.4, 0.5) is 0 Å². The van der Waals surface area contributed by atoms with Crippen molar-refractivity contribution in [1.29, 1.82) is 0 Å². The number of benzene rings is 1. The van der Waals surface area contributed by atoms with Gasteiger partial charge in [-0.1, -0.05) is 0 Å². The zero-order valence-corrected chi connectivity index (χ0v) is 12.8. The SMILES string of the molecule is COc1cc(CNC(C)c2ccc(C)o2)cc(OC)c1O. The third kappa shape index (κ3) is 3.49. The van der Waals surface area contributed by atoms with Gasteiger partial charge in [-0.2, -0.15) is 0 Å². The number of methoxy groups -OCH3 is 2. The first-order chi connectivity index (χ1) is 10.0. The average Bonchev–Trinajstić information content (AvgIpc) is 2.92. The van der Waals surface area contributed by atoms with Crippen molar-refractivity contribution in [1.82, 2.24) is 5.32 Å². The maximum absolute atomic E-state index is 9.89. The van der Waals surface area contributed by atoms with Gasteiger partial charge in [0.15, 0.2) is 11.5 Å². The van der Waals surface area contributed by atoms with Crippen LogP contribution in [0.25, 0.3) is 0 Å². The zero-order valence-electron chi connectivity index (χ0n) is 12.8. The van der Waals surface area contributed by atoms with E-state index >= 15 is 0 Å². The van der Waals surface area contributed by atoms with Gasteiger partial charge in [-0.15, -0.1) is 0 Å². The van der Waals surface area contributed by atoms with Crippen LogP contribution in [-0.2, 0) is 6.54 Å². The summed E-state index contributed by atoms with van der Waals surface area (Å²) in [5.74, 6) is 2.59. The summed E-state index contributed by atoms with van der Waals surface area (Å²) in [5.41, 5.74) is 0.955. The Hall–Kier alpha value is -2.14. The summed E-state index contributed by atoms with van der Waals surface area (Å²) < 4.78 is 15.9. The van der Waals surface area contributed by atoms with E-state index in [0.29, 0.717) is 18.0 Å². The Kier molecular flexibility index (Phi) is 4.75. The number of ether oxygens (including phenoxy) is 2. The number of nitrogens with one attached hydrogen (secondary N) is 1. The van der Waals surface area contributed by atoms with E-state index in [2.05, 4.69) is 5.32 Å². The van der Waals surface area contributed by atoms with Gasteiger partial charge in [-0.05, 0) is 43.7 Å². The van der Waals surface area contributed by atoms with Crippen molar-refractivity contribution < 1.29 is 19.0 Å². The van der Waals surface area contributed by atoms with Crippen LogP contribution in [0, 0.1) is 6.92 Å². The van der Waals surface area contributed by atoms with Gasteiger partial charge >= 0.3 is 0 Å². The van der Waals surface area contributed by atoms with Crippen LogP contribution in [-0.4, -0.2) is 19.3 Å². The van der Waals surface area contributed by atoms with Crippen LogP contribution >= 0.6 is 0 Å². The van der Waals surface area contributed by atoms with Crippen molar-refractivity contribution in [2.75, 3.05) is 14.2 Å². The van der Waals surface area contributed by atoms with E-state index < -0.39 is 0 Å². The Bertz CT molecular complexity index is 581. The second-order valence-corrected chi connectivity index (χ2v) is 4.90. The molecule has 0 fully saturated rings. The van der Waals surface area contributed by atoms with E-state index in [0.717, 1.165) is 17.1 Å². The molecule has 0 spiro atoms. The van der Waals surface area contributed by atoms with E-state index in [1.165, 1.54) is 14.2 Å². The molecule has 5 nitrogen and oxygen atoms in total. The minimum atomic E-state index is 0.0125. The molecule has 2 aromatic rings. The van der Waals surface area contributed by atoms with E-state index in [4.69, 9.17) is 13.9 Å². The van der Waals surface area contributed by atoms with Gasteiger partial charge in [0.2, 0.25) is 5.75 Å². The lowest BCUT2D eigenvalue weighted by Crippen LogP contribution is -2.17. The van der Waals surface area contributed by atoms with Crippen LogP contribution in [0.2, 0.25) is 0 Å². The molecular formula is C16H21NO4. The van der Waals surface area contributed by atoms with Crippen molar-refractivity contribution in [3.8, 4) is 17.2 Å². The van der Waals surface area contributed by atoms with Gasteiger partial charge in [0, 0.05) is 6.54 Å². The van der Waals surface area contributed by atoms with Gasteiger partial charge in [-0.25, -0.2) is 0 Å².